The Morgan fingerprint density at radius 3 is 2.38 bits per heavy atom. The van der Waals surface area contributed by atoms with Gasteiger partial charge < -0.3 is 16.2 Å². The average Bonchev–Trinajstić information content (AvgIpc) is 2.50. The van der Waals surface area contributed by atoms with Crippen molar-refractivity contribution in [2.45, 2.75) is 12.5 Å². The summed E-state index contributed by atoms with van der Waals surface area (Å²) >= 11 is 0. The minimum atomic E-state index is -0.690. The molecule has 2 aromatic carbocycles. The number of hydrogen-bond acceptors (Lipinski definition) is 4. The van der Waals surface area contributed by atoms with E-state index >= 15 is 0 Å². The molecule has 0 aliphatic heterocycles. The zero-order valence-electron chi connectivity index (χ0n) is 11.3. The highest BCUT2D eigenvalue weighted by atomic mass is 16.3. The number of anilines is 1. The number of carbonyl (C=O) groups excluding carboxylic acids is 1. The molecule has 0 saturated carbocycles. The van der Waals surface area contributed by atoms with Crippen molar-refractivity contribution in [3.05, 3.63) is 59.7 Å². The third-order valence-electron chi connectivity index (χ3n) is 3.01. The standard InChI is InChI=1S/C16H15N3O2/c17-10-12-1-5-13(6-2-12)19-16(21)15(18)9-11-3-7-14(20)8-4-11/h1-8,15,20H,9,18H2,(H,19,21). The number of carbonyl (C=O) groups is 1. The van der Waals surface area contributed by atoms with Gasteiger partial charge in [0.1, 0.15) is 5.75 Å². The lowest BCUT2D eigenvalue weighted by atomic mass is 10.1. The summed E-state index contributed by atoms with van der Waals surface area (Å²) in [5.41, 5.74) is 7.86. The largest absolute Gasteiger partial charge is 0.508 e. The number of nitrogens with zero attached hydrogens (tertiary/aromatic N) is 1. The number of nitrogens with two attached hydrogens (primary N) is 1. The average molecular weight is 281 g/mol. The molecule has 0 spiro atoms. The van der Waals surface area contributed by atoms with E-state index in [4.69, 9.17) is 11.0 Å². The summed E-state index contributed by atoms with van der Waals surface area (Å²) in [6, 6.07) is 14.5. The topological polar surface area (TPSA) is 99.1 Å². The van der Waals surface area contributed by atoms with Crippen LogP contribution in [0, 0.1) is 11.3 Å². The highest BCUT2D eigenvalue weighted by Gasteiger charge is 2.14. The summed E-state index contributed by atoms with van der Waals surface area (Å²) in [6.07, 6.45) is 0.377. The van der Waals surface area contributed by atoms with Crippen LogP contribution < -0.4 is 11.1 Å². The zero-order valence-corrected chi connectivity index (χ0v) is 11.3. The molecule has 0 aliphatic rings. The van der Waals surface area contributed by atoms with E-state index in [9.17, 15) is 9.90 Å². The van der Waals surface area contributed by atoms with Crippen LogP contribution in [-0.2, 0) is 11.2 Å². The molecule has 0 radical (unpaired) electrons. The van der Waals surface area contributed by atoms with Gasteiger partial charge in [-0.05, 0) is 48.4 Å². The first-order valence-corrected chi connectivity index (χ1v) is 6.43. The highest BCUT2D eigenvalue weighted by molar-refractivity contribution is 5.94. The Morgan fingerprint density at radius 1 is 1.19 bits per heavy atom. The van der Waals surface area contributed by atoms with Crippen molar-refractivity contribution in [1.82, 2.24) is 0 Å². The smallest absolute Gasteiger partial charge is 0.241 e. The molecule has 4 N–H and O–H groups in total. The predicted molar refractivity (Wildman–Crippen MR) is 79.6 cm³/mol. The van der Waals surface area contributed by atoms with Crippen LogP contribution >= 0.6 is 0 Å². The van der Waals surface area contributed by atoms with Crippen molar-refractivity contribution in [1.29, 1.82) is 5.26 Å². The third-order valence-corrected chi connectivity index (χ3v) is 3.01. The van der Waals surface area contributed by atoms with Crippen molar-refractivity contribution in [2.75, 3.05) is 5.32 Å². The third kappa shape index (κ3) is 4.06. The molecular formula is C16H15N3O2. The number of benzene rings is 2. The SMILES string of the molecule is N#Cc1ccc(NC(=O)C(N)Cc2ccc(O)cc2)cc1. The maximum atomic E-state index is 12.0. The predicted octanol–water partition coefficient (Wildman–Crippen LogP) is 1.77. The van der Waals surface area contributed by atoms with Crippen LogP contribution in [0.1, 0.15) is 11.1 Å². The molecule has 0 aliphatic carbocycles. The number of rotatable bonds is 4. The van der Waals surface area contributed by atoms with E-state index in [1.807, 2.05) is 6.07 Å². The lowest BCUT2D eigenvalue weighted by Crippen LogP contribution is -2.37. The van der Waals surface area contributed by atoms with E-state index < -0.39 is 6.04 Å². The second-order valence-electron chi connectivity index (χ2n) is 4.66. The Morgan fingerprint density at radius 2 is 1.81 bits per heavy atom. The maximum absolute atomic E-state index is 12.0. The Bertz CT molecular complexity index is 657. The van der Waals surface area contributed by atoms with Crippen molar-refractivity contribution in [2.24, 2.45) is 5.73 Å². The Kier molecular flexibility index (Phi) is 4.54. The van der Waals surface area contributed by atoms with Crippen LogP contribution in [-0.4, -0.2) is 17.1 Å². The molecule has 1 atom stereocenters. The molecular weight excluding hydrogens is 266 g/mol. The molecule has 0 bridgehead atoms. The molecule has 2 aromatic rings. The van der Waals surface area contributed by atoms with E-state index in [0.29, 0.717) is 17.7 Å². The number of amides is 1. The summed E-state index contributed by atoms with van der Waals surface area (Å²) < 4.78 is 0. The Labute approximate surface area is 122 Å². The van der Waals surface area contributed by atoms with Gasteiger partial charge in [0.05, 0.1) is 17.7 Å². The molecule has 2 rings (SSSR count). The number of nitrogens with one attached hydrogen (secondary N) is 1. The van der Waals surface area contributed by atoms with E-state index in [-0.39, 0.29) is 11.7 Å². The van der Waals surface area contributed by atoms with Gasteiger partial charge in [-0.1, -0.05) is 12.1 Å². The summed E-state index contributed by atoms with van der Waals surface area (Å²) in [7, 11) is 0. The summed E-state index contributed by atoms with van der Waals surface area (Å²) in [4.78, 5) is 12.0. The monoisotopic (exact) mass is 281 g/mol. The van der Waals surface area contributed by atoms with E-state index in [2.05, 4.69) is 5.32 Å². The molecule has 5 heteroatoms. The minimum Gasteiger partial charge on any atom is -0.508 e. The number of aromatic hydroxyl groups is 1. The van der Waals surface area contributed by atoms with Crippen LogP contribution in [0.25, 0.3) is 0 Å². The van der Waals surface area contributed by atoms with Gasteiger partial charge in [0, 0.05) is 5.69 Å². The van der Waals surface area contributed by atoms with Gasteiger partial charge in [-0.15, -0.1) is 0 Å². The highest BCUT2D eigenvalue weighted by Crippen LogP contribution is 2.12. The second-order valence-corrected chi connectivity index (χ2v) is 4.66. The summed E-state index contributed by atoms with van der Waals surface area (Å²) in [5.74, 6) is -0.123. The number of nitriles is 1. The van der Waals surface area contributed by atoms with Gasteiger partial charge in [-0.2, -0.15) is 5.26 Å². The molecule has 0 saturated heterocycles. The van der Waals surface area contributed by atoms with E-state index in [1.165, 1.54) is 0 Å². The lowest BCUT2D eigenvalue weighted by molar-refractivity contribution is -0.117. The van der Waals surface area contributed by atoms with E-state index in [1.54, 1.807) is 48.5 Å². The fourth-order valence-electron chi connectivity index (χ4n) is 1.84. The van der Waals surface area contributed by atoms with Gasteiger partial charge >= 0.3 is 0 Å². The van der Waals surface area contributed by atoms with E-state index in [0.717, 1.165) is 5.56 Å². The maximum Gasteiger partial charge on any atom is 0.241 e. The van der Waals surface area contributed by atoms with Gasteiger partial charge in [0.25, 0.3) is 0 Å². The molecule has 21 heavy (non-hydrogen) atoms. The quantitative estimate of drug-likeness (QED) is 0.795. The number of phenolic OH excluding ortho intramolecular Hbond substituents is 1. The molecule has 0 fully saturated rings. The molecule has 0 aromatic heterocycles. The van der Waals surface area contributed by atoms with Crippen molar-refractivity contribution < 1.29 is 9.90 Å². The van der Waals surface area contributed by atoms with Crippen molar-refractivity contribution >= 4 is 11.6 Å². The number of hydrogen-bond donors (Lipinski definition) is 3. The Hall–Kier alpha value is -2.84. The van der Waals surface area contributed by atoms with Crippen molar-refractivity contribution in [3.63, 3.8) is 0 Å². The van der Waals surface area contributed by atoms with Gasteiger partial charge in [0.15, 0.2) is 0 Å². The summed E-state index contributed by atoms with van der Waals surface area (Å²) in [5, 5.41) is 20.6. The first-order valence-electron chi connectivity index (χ1n) is 6.43. The van der Waals surface area contributed by atoms with Gasteiger partial charge in [0.2, 0.25) is 5.91 Å². The fraction of sp³-hybridized carbons (Fsp3) is 0.125. The minimum absolute atomic E-state index is 0.175. The normalized spacial score (nSPS) is 11.4. The molecule has 5 nitrogen and oxygen atoms in total. The van der Waals surface area contributed by atoms with Gasteiger partial charge in [-0.25, -0.2) is 0 Å². The fourth-order valence-corrected chi connectivity index (χ4v) is 1.84. The zero-order chi connectivity index (χ0) is 15.2. The van der Waals surface area contributed by atoms with Crippen LogP contribution in [0.2, 0.25) is 0 Å². The summed E-state index contributed by atoms with van der Waals surface area (Å²) in [6.45, 7) is 0. The van der Waals surface area contributed by atoms with Crippen LogP contribution in [0.15, 0.2) is 48.5 Å². The van der Waals surface area contributed by atoms with Crippen LogP contribution in [0.3, 0.4) is 0 Å². The molecule has 1 amide bonds. The van der Waals surface area contributed by atoms with Crippen LogP contribution in [0.5, 0.6) is 5.75 Å². The molecule has 0 heterocycles. The van der Waals surface area contributed by atoms with Crippen LogP contribution in [0.4, 0.5) is 5.69 Å². The molecule has 1 unspecified atom stereocenters. The number of phenols is 1. The Balaban J connectivity index is 1.95. The first-order chi connectivity index (χ1) is 10.1. The molecule has 106 valence electrons. The van der Waals surface area contributed by atoms with Crippen molar-refractivity contribution in [3.8, 4) is 11.8 Å². The first kappa shape index (κ1) is 14.6. The lowest BCUT2D eigenvalue weighted by Gasteiger charge is -2.12. The second kappa shape index (κ2) is 6.55. The van der Waals surface area contributed by atoms with Gasteiger partial charge in [-0.3, -0.25) is 4.79 Å².